The maximum atomic E-state index is 11.6. The van der Waals surface area contributed by atoms with Gasteiger partial charge in [0.2, 0.25) is 9.84 Å². The number of para-hydroxylation sites is 1. The summed E-state index contributed by atoms with van der Waals surface area (Å²) in [4.78, 5) is 8.94. The largest absolute Gasteiger partial charge is 0.354 e. The lowest BCUT2D eigenvalue weighted by atomic mass is 10.3. The molecule has 0 aliphatic carbocycles. The first-order valence-electron chi connectivity index (χ1n) is 4.10. The highest BCUT2D eigenvalue weighted by molar-refractivity contribution is 7.92. The molecule has 0 aromatic heterocycles. The summed E-state index contributed by atoms with van der Waals surface area (Å²) >= 11 is 0. The molecule has 0 amide bonds. The van der Waals surface area contributed by atoms with E-state index in [4.69, 9.17) is 10.2 Å². The SMILES string of the molecule is CC(O)(O)S(=O)(=O)c1ccccc1[N+](=O)[O-]. The number of rotatable bonds is 3. The predicted octanol–water partition coefficient (Wildman–Crippen LogP) is 0.0268. The molecule has 0 saturated carbocycles. The zero-order valence-electron chi connectivity index (χ0n) is 8.19. The van der Waals surface area contributed by atoms with Crippen LogP contribution in [-0.2, 0) is 9.84 Å². The molecule has 0 radical (unpaired) electrons. The van der Waals surface area contributed by atoms with Crippen LogP contribution in [0, 0.1) is 10.1 Å². The number of nitro groups is 1. The fraction of sp³-hybridized carbons (Fsp3) is 0.250. The van der Waals surface area contributed by atoms with E-state index in [1.165, 1.54) is 12.1 Å². The van der Waals surface area contributed by atoms with Gasteiger partial charge in [-0.1, -0.05) is 12.1 Å². The number of aliphatic hydroxyl groups is 2. The predicted molar refractivity (Wildman–Crippen MR) is 53.1 cm³/mol. The van der Waals surface area contributed by atoms with E-state index in [1.807, 2.05) is 0 Å². The van der Waals surface area contributed by atoms with Gasteiger partial charge in [-0.2, -0.15) is 0 Å². The average molecular weight is 247 g/mol. The zero-order valence-corrected chi connectivity index (χ0v) is 9.01. The fourth-order valence-corrected chi connectivity index (χ4v) is 2.14. The van der Waals surface area contributed by atoms with Crippen LogP contribution in [0.15, 0.2) is 29.2 Å². The van der Waals surface area contributed by atoms with Gasteiger partial charge in [0.15, 0.2) is 0 Å². The Bertz CT molecular complexity index is 516. The number of nitro benzene ring substituents is 1. The third kappa shape index (κ3) is 2.03. The summed E-state index contributed by atoms with van der Waals surface area (Å²) in [7, 11) is -4.58. The molecule has 0 atom stereocenters. The molecule has 0 aliphatic heterocycles. The van der Waals surface area contributed by atoms with Crippen molar-refractivity contribution in [2.75, 3.05) is 0 Å². The molecule has 88 valence electrons. The van der Waals surface area contributed by atoms with Crippen LogP contribution in [0.2, 0.25) is 0 Å². The maximum absolute atomic E-state index is 11.6. The van der Waals surface area contributed by atoms with Crippen molar-refractivity contribution in [2.24, 2.45) is 0 Å². The minimum Gasteiger partial charge on any atom is -0.354 e. The molecule has 0 aliphatic rings. The molecule has 0 bridgehead atoms. The van der Waals surface area contributed by atoms with E-state index >= 15 is 0 Å². The van der Waals surface area contributed by atoms with Gasteiger partial charge >= 0.3 is 0 Å². The van der Waals surface area contributed by atoms with Gasteiger partial charge in [-0.25, -0.2) is 8.42 Å². The molecule has 0 fully saturated rings. The average Bonchev–Trinajstić information content (AvgIpc) is 2.16. The van der Waals surface area contributed by atoms with Crippen molar-refractivity contribution < 1.29 is 23.6 Å². The fourth-order valence-electron chi connectivity index (χ4n) is 1.04. The first-order chi connectivity index (χ1) is 7.18. The Hall–Kier alpha value is -1.51. The first kappa shape index (κ1) is 12.6. The molecule has 0 heterocycles. The minimum atomic E-state index is -4.58. The maximum Gasteiger partial charge on any atom is 0.288 e. The van der Waals surface area contributed by atoms with Crippen LogP contribution in [-0.4, -0.2) is 28.7 Å². The lowest BCUT2D eigenvalue weighted by molar-refractivity contribution is -0.387. The van der Waals surface area contributed by atoms with Crippen LogP contribution in [0.5, 0.6) is 0 Å². The van der Waals surface area contributed by atoms with Gasteiger partial charge in [0.1, 0.15) is 4.90 Å². The van der Waals surface area contributed by atoms with E-state index in [1.54, 1.807) is 0 Å². The third-order valence-corrected chi connectivity index (χ3v) is 3.80. The van der Waals surface area contributed by atoms with Crippen molar-refractivity contribution in [3.8, 4) is 0 Å². The Morgan fingerprint density at radius 2 is 1.81 bits per heavy atom. The Kier molecular flexibility index (Phi) is 2.99. The summed E-state index contributed by atoms with van der Waals surface area (Å²) in [6, 6.07) is 4.45. The molecular formula is C8H9NO6S. The number of hydrogen-bond donors (Lipinski definition) is 2. The van der Waals surface area contributed by atoms with Crippen LogP contribution in [0.1, 0.15) is 6.92 Å². The molecule has 1 aromatic rings. The van der Waals surface area contributed by atoms with Gasteiger partial charge in [0.05, 0.1) is 4.92 Å². The van der Waals surface area contributed by atoms with Crippen LogP contribution >= 0.6 is 0 Å². The Balaban J connectivity index is 3.52. The second kappa shape index (κ2) is 3.81. The summed E-state index contributed by atoms with van der Waals surface area (Å²) in [6.07, 6.45) is 0. The van der Waals surface area contributed by atoms with Gasteiger partial charge in [0.25, 0.3) is 10.8 Å². The molecular weight excluding hydrogens is 238 g/mol. The molecule has 0 unspecified atom stereocenters. The van der Waals surface area contributed by atoms with E-state index in [-0.39, 0.29) is 0 Å². The second-order valence-corrected chi connectivity index (χ2v) is 5.38. The topological polar surface area (TPSA) is 118 Å². The van der Waals surface area contributed by atoms with Gasteiger partial charge in [-0.05, 0) is 6.07 Å². The van der Waals surface area contributed by atoms with E-state index in [0.29, 0.717) is 6.92 Å². The highest BCUT2D eigenvalue weighted by Gasteiger charge is 2.40. The molecule has 1 aromatic carbocycles. The molecule has 16 heavy (non-hydrogen) atoms. The zero-order chi connectivity index (χ0) is 12.6. The van der Waals surface area contributed by atoms with Crippen LogP contribution in [0.3, 0.4) is 0 Å². The molecule has 0 spiro atoms. The standard InChI is InChI=1S/C8H9NO6S/c1-8(10,11)16(14,15)7-5-3-2-4-6(7)9(12)13/h2-5,10-11H,1H3. The van der Waals surface area contributed by atoms with Crippen molar-refractivity contribution in [3.05, 3.63) is 34.4 Å². The van der Waals surface area contributed by atoms with Crippen molar-refractivity contribution >= 4 is 15.5 Å². The van der Waals surface area contributed by atoms with Gasteiger partial charge in [-0.3, -0.25) is 10.1 Å². The lowest BCUT2D eigenvalue weighted by Crippen LogP contribution is -2.34. The first-order valence-corrected chi connectivity index (χ1v) is 5.59. The minimum absolute atomic E-state index is 0.624. The number of sulfone groups is 1. The van der Waals surface area contributed by atoms with Crippen LogP contribution in [0.25, 0.3) is 0 Å². The summed E-state index contributed by atoms with van der Waals surface area (Å²) in [5.74, 6) is 0. The molecule has 7 nitrogen and oxygen atoms in total. The summed E-state index contributed by atoms with van der Waals surface area (Å²) < 4.78 is 23.1. The van der Waals surface area contributed by atoms with Crippen molar-refractivity contribution in [1.82, 2.24) is 0 Å². The highest BCUT2D eigenvalue weighted by Crippen LogP contribution is 2.29. The molecule has 2 N–H and O–H groups in total. The lowest BCUT2D eigenvalue weighted by Gasteiger charge is -2.16. The third-order valence-electron chi connectivity index (χ3n) is 1.86. The molecule has 1 rings (SSSR count). The van der Waals surface area contributed by atoms with Crippen molar-refractivity contribution in [3.63, 3.8) is 0 Å². The van der Waals surface area contributed by atoms with Gasteiger partial charge in [-0.15, -0.1) is 0 Å². The summed E-state index contributed by atoms with van der Waals surface area (Å²) in [6.45, 7) is 0.624. The Labute approximate surface area is 91.0 Å². The normalized spacial score (nSPS) is 12.4. The number of nitrogens with zero attached hydrogens (tertiary/aromatic N) is 1. The van der Waals surface area contributed by atoms with E-state index < -0.39 is 30.5 Å². The molecule has 8 heteroatoms. The Morgan fingerprint density at radius 3 is 2.25 bits per heavy atom. The summed E-state index contributed by atoms with van der Waals surface area (Å²) in [5.41, 5.74) is -0.697. The monoisotopic (exact) mass is 247 g/mol. The van der Waals surface area contributed by atoms with E-state index in [0.717, 1.165) is 12.1 Å². The number of benzene rings is 1. The van der Waals surface area contributed by atoms with E-state index in [9.17, 15) is 18.5 Å². The van der Waals surface area contributed by atoms with Crippen LogP contribution in [0.4, 0.5) is 5.69 Å². The Morgan fingerprint density at radius 1 is 1.31 bits per heavy atom. The van der Waals surface area contributed by atoms with Crippen molar-refractivity contribution in [2.45, 2.75) is 16.9 Å². The van der Waals surface area contributed by atoms with Crippen molar-refractivity contribution in [1.29, 1.82) is 0 Å². The number of hydrogen-bond acceptors (Lipinski definition) is 6. The smallest absolute Gasteiger partial charge is 0.288 e. The van der Waals surface area contributed by atoms with Crippen LogP contribution < -0.4 is 0 Å². The summed E-state index contributed by atoms with van der Waals surface area (Å²) in [5, 5.41) is 25.6. The quantitative estimate of drug-likeness (QED) is 0.442. The van der Waals surface area contributed by atoms with Gasteiger partial charge in [0, 0.05) is 13.0 Å². The molecule has 0 saturated heterocycles. The second-order valence-electron chi connectivity index (χ2n) is 3.16. The van der Waals surface area contributed by atoms with Gasteiger partial charge < -0.3 is 10.2 Å². The van der Waals surface area contributed by atoms with E-state index in [2.05, 4.69) is 0 Å². The highest BCUT2D eigenvalue weighted by atomic mass is 32.2.